The maximum atomic E-state index is 11.6. The Kier molecular flexibility index (Phi) is 7.54. The highest BCUT2D eigenvalue weighted by molar-refractivity contribution is 5.85. The molecule has 0 spiro atoms. The molecule has 0 fully saturated rings. The maximum Gasteiger partial charge on any atom is 0.326 e. The Balaban J connectivity index is 4.27. The summed E-state index contributed by atoms with van der Waals surface area (Å²) in [6.07, 6.45) is 2.80. The van der Waals surface area contributed by atoms with E-state index in [-0.39, 0.29) is 18.4 Å². The second kappa shape index (κ2) is 8.10. The van der Waals surface area contributed by atoms with Crippen LogP contribution in [0.15, 0.2) is 0 Å². The number of hydrogen-bond acceptors (Lipinski definition) is 3. The van der Waals surface area contributed by atoms with Crippen molar-refractivity contribution in [3.05, 3.63) is 0 Å². The van der Waals surface area contributed by atoms with Gasteiger partial charge in [-0.05, 0) is 12.8 Å². The minimum atomic E-state index is -0.978. The zero-order valence-corrected chi connectivity index (χ0v) is 10.0. The molecule has 94 valence electrons. The van der Waals surface area contributed by atoms with Crippen molar-refractivity contribution in [2.24, 2.45) is 11.7 Å². The number of carbonyl (C=O) groups is 2. The summed E-state index contributed by atoms with van der Waals surface area (Å²) in [6.45, 7) is 4.09. The van der Waals surface area contributed by atoms with E-state index in [4.69, 9.17) is 10.8 Å². The predicted molar refractivity (Wildman–Crippen MR) is 61.9 cm³/mol. The van der Waals surface area contributed by atoms with E-state index in [1.165, 1.54) is 0 Å². The summed E-state index contributed by atoms with van der Waals surface area (Å²) in [5, 5.41) is 11.5. The van der Waals surface area contributed by atoms with Crippen molar-refractivity contribution in [3.8, 4) is 0 Å². The second-order valence-corrected chi connectivity index (χ2v) is 3.88. The number of amides is 1. The molecule has 0 aliphatic carbocycles. The van der Waals surface area contributed by atoms with Gasteiger partial charge in [-0.3, -0.25) is 4.79 Å². The number of rotatable bonds is 8. The van der Waals surface area contributed by atoms with Crippen LogP contribution in [0, 0.1) is 5.92 Å². The van der Waals surface area contributed by atoms with Crippen LogP contribution < -0.4 is 11.1 Å². The molecular weight excluding hydrogens is 208 g/mol. The van der Waals surface area contributed by atoms with Crippen molar-refractivity contribution in [2.45, 2.75) is 45.6 Å². The molecule has 0 bridgehead atoms. The van der Waals surface area contributed by atoms with Crippen LogP contribution in [0.5, 0.6) is 0 Å². The van der Waals surface area contributed by atoms with Crippen LogP contribution >= 0.6 is 0 Å². The molecule has 16 heavy (non-hydrogen) atoms. The highest BCUT2D eigenvalue weighted by Crippen LogP contribution is 2.05. The molecule has 0 aliphatic heterocycles. The van der Waals surface area contributed by atoms with Gasteiger partial charge in [0.05, 0.1) is 0 Å². The Morgan fingerprint density at radius 1 is 1.38 bits per heavy atom. The summed E-state index contributed by atoms with van der Waals surface area (Å²) in [7, 11) is 0. The molecule has 0 rings (SSSR count). The van der Waals surface area contributed by atoms with Gasteiger partial charge in [0.15, 0.2) is 0 Å². The lowest BCUT2D eigenvalue weighted by molar-refractivity contribution is -0.142. The molecule has 2 atom stereocenters. The molecule has 0 aromatic carbocycles. The molecule has 0 radical (unpaired) electrons. The summed E-state index contributed by atoms with van der Waals surface area (Å²) in [5.74, 6) is -1.52. The van der Waals surface area contributed by atoms with Crippen LogP contribution in [0.25, 0.3) is 0 Å². The SMILES string of the molecule is CCCC[C@H](NC(=O)C(CC)CN)C(=O)O. The van der Waals surface area contributed by atoms with Gasteiger partial charge < -0.3 is 16.2 Å². The molecule has 0 saturated carbocycles. The van der Waals surface area contributed by atoms with Crippen LogP contribution in [-0.2, 0) is 9.59 Å². The first-order chi connectivity index (χ1) is 7.56. The lowest BCUT2D eigenvalue weighted by Gasteiger charge is -2.18. The quantitative estimate of drug-likeness (QED) is 0.573. The van der Waals surface area contributed by atoms with Gasteiger partial charge in [0.2, 0.25) is 5.91 Å². The molecule has 0 saturated heterocycles. The predicted octanol–water partition coefficient (Wildman–Crippen LogP) is 0.731. The van der Waals surface area contributed by atoms with Gasteiger partial charge in [-0.25, -0.2) is 4.79 Å². The van der Waals surface area contributed by atoms with Gasteiger partial charge in [0.25, 0.3) is 0 Å². The van der Waals surface area contributed by atoms with Gasteiger partial charge in [-0.15, -0.1) is 0 Å². The Bertz CT molecular complexity index is 227. The van der Waals surface area contributed by atoms with Crippen molar-refractivity contribution in [1.29, 1.82) is 0 Å². The van der Waals surface area contributed by atoms with Gasteiger partial charge in [0, 0.05) is 12.5 Å². The fraction of sp³-hybridized carbons (Fsp3) is 0.818. The van der Waals surface area contributed by atoms with Gasteiger partial charge >= 0.3 is 5.97 Å². The largest absolute Gasteiger partial charge is 0.480 e. The summed E-state index contributed by atoms with van der Waals surface area (Å²) in [6, 6.07) is -0.784. The average Bonchev–Trinajstić information content (AvgIpc) is 2.25. The van der Waals surface area contributed by atoms with Crippen molar-refractivity contribution in [3.63, 3.8) is 0 Å². The summed E-state index contributed by atoms with van der Waals surface area (Å²) in [5.41, 5.74) is 5.43. The molecule has 4 N–H and O–H groups in total. The third kappa shape index (κ3) is 5.11. The van der Waals surface area contributed by atoms with Crippen LogP contribution in [0.1, 0.15) is 39.5 Å². The molecule has 1 unspecified atom stereocenters. The number of carboxylic acid groups (broad SMARTS) is 1. The molecule has 5 nitrogen and oxygen atoms in total. The first-order valence-electron chi connectivity index (χ1n) is 5.80. The van der Waals surface area contributed by atoms with E-state index < -0.39 is 12.0 Å². The number of carbonyl (C=O) groups excluding carboxylic acids is 1. The molecular formula is C11H22N2O3. The number of carboxylic acids is 1. The van der Waals surface area contributed by atoms with E-state index in [1.54, 1.807) is 0 Å². The normalized spacial score (nSPS) is 14.2. The van der Waals surface area contributed by atoms with Crippen LogP contribution in [-0.4, -0.2) is 29.6 Å². The third-order valence-corrected chi connectivity index (χ3v) is 2.61. The Labute approximate surface area is 96.4 Å². The summed E-state index contributed by atoms with van der Waals surface area (Å²) < 4.78 is 0. The van der Waals surface area contributed by atoms with Crippen molar-refractivity contribution >= 4 is 11.9 Å². The van der Waals surface area contributed by atoms with Crippen LogP contribution in [0.2, 0.25) is 0 Å². The lowest BCUT2D eigenvalue weighted by Crippen LogP contribution is -2.45. The zero-order chi connectivity index (χ0) is 12.6. The Morgan fingerprint density at radius 3 is 2.38 bits per heavy atom. The fourth-order valence-electron chi connectivity index (χ4n) is 1.41. The summed E-state index contributed by atoms with van der Waals surface area (Å²) in [4.78, 5) is 22.5. The highest BCUT2D eigenvalue weighted by Gasteiger charge is 2.22. The molecule has 1 amide bonds. The topological polar surface area (TPSA) is 92.4 Å². The van der Waals surface area contributed by atoms with Crippen molar-refractivity contribution in [1.82, 2.24) is 5.32 Å². The van der Waals surface area contributed by atoms with Crippen LogP contribution in [0.4, 0.5) is 0 Å². The standard InChI is InChI=1S/C11H22N2O3/c1-3-5-6-9(11(15)16)13-10(14)8(4-2)7-12/h8-9H,3-7,12H2,1-2H3,(H,13,14)(H,15,16)/t8?,9-/m0/s1. The second-order valence-electron chi connectivity index (χ2n) is 3.88. The van der Waals surface area contributed by atoms with E-state index in [0.29, 0.717) is 12.8 Å². The molecule has 0 aromatic heterocycles. The Morgan fingerprint density at radius 2 is 2.00 bits per heavy atom. The van der Waals surface area contributed by atoms with E-state index in [9.17, 15) is 9.59 Å². The number of nitrogens with one attached hydrogen (secondary N) is 1. The highest BCUT2D eigenvalue weighted by atomic mass is 16.4. The lowest BCUT2D eigenvalue weighted by atomic mass is 10.0. The zero-order valence-electron chi connectivity index (χ0n) is 10.0. The molecule has 0 aliphatic rings. The number of aliphatic carboxylic acids is 1. The third-order valence-electron chi connectivity index (χ3n) is 2.61. The molecule has 5 heteroatoms. The van der Waals surface area contributed by atoms with Gasteiger partial charge in [-0.1, -0.05) is 26.7 Å². The van der Waals surface area contributed by atoms with E-state index in [1.807, 2.05) is 13.8 Å². The summed E-state index contributed by atoms with van der Waals surface area (Å²) >= 11 is 0. The number of unbranched alkanes of at least 4 members (excludes halogenated alkanes) is 1. The maximum absolute atomic E-state index is 11.6. The van der Waals surface area contributed by atoms with E-state index in [0.717, 1.165) is 12.8 Å². The minimum absolute atomic E-state index is 0.252. The monoisotopic (exact) mass is 230 g/mol. The number of nitrogens with two attached hydrogens (primary N) is 1. The Hall–Kier alpha value is -1.10. The molecule has 0 aromatic rings. The smallest absolute Gasteiger partial charge is 0.326 e. The van der Waals surface area contributed by atoms with Crippen molar-refractivity contribution < 1.29 is 14.7 Å². The van der Waals surface area contributed by atoms with Crippen LogP contribution in [0.3, 0.4) is 0 Å². The van der Waals surface area contributed by atoms with Gasteiger partial charge in [-0.2, -0.15) is 0 Å². The minimum Gasteiger partial charge on any atom is -0.480 e. The van der Waals surface area contributed by atoms with Crippen molar-refractivity contribution in [2.75, 3.05) is 6.54 Å². The first kappa shape index (κ1) is 14.9. The van der Waals surface area contributed by atoms with E-state index in [2.05, 4.69) is 5.32 Å². The number of hydrogen-bond donors (Lipinski definition) is 3. The van der Waals surface area contributed by atoms with E-state index >= 15 is 0 Å². The first-order valence-corrected chi connectivity index (χ1v) is 5.80. The fourth-order valence-corrected chi connectivity index (χ4v) is 1.41. The van der Waals surface area contributed by atoms with Gasteiger partial charge in [0.1, 0.15) is 6.04 Å². The molecule has 0 heterocycles. The average molecular weight is 230 g/mol.